The summed E-state index contributed by atoms with van der Waals surface area (Å²) >= 11 is 5.32. The van der Waals surface area contributed by atoms with E-state index < -0.39 is 24.6 Å². The summed E-state index contributed by atoms with van der Waals surface area (Å²) in [4.78, 5) is 48.6. The molecule has 2 aliphatic heterocycles. The minimum atomic E-state index is -2.77. The molecule has 380 valence electrons. The van der Waals surface area contributed by atoms with Crippen LogP contribution in [0.1, 0.15) is 182 Å². The third-order valence-corrected chi connectivity index (χ3v) is 14.9. The number of rotatable bonds is 25. The van der Waals surface area contributed by atoms with Gasteiger partial charge in [0.1, 0.15) is 17.8 Å². The molecule has 2 fully saturated rings. The predicted octanol–water partition coefficient (Wildman–Crippen LogP) is 11.9. The van der Waals surface area contributed by atoms with E-state index in [1.807, 2.05) is 65.0 Å². The molecule has 2 saturated heterocycles. The van der Waals surface area contributed by atoms with Crippen molar-refractivity contribution in [1.29, 1.82) is 0 Å². The molecule has 15 heteroatoms. The Balaban J connectivity index is 0.000000276. The van der Waals surface area contributed by atoms with Gasteiger partial charge in [0.05, 0.1) is 44.2 Å². The smallest absolute Gasteiger partial charge is 0.381 e. The zero-order valence-corrected chi connectivity index (χ0v) is 44.4. The third kappa shape index (κ3) is 19.5. The van der Waals surface area contributed by atoms with Crippen LogP contribution in [0.15, 0.2) is 60.7 Å². The molecule has 0 radical (unpaired) electrons. The number of aliphatic hydroxyl groups is 1. The lowest BCUT2D eigenvalue weighted by molar-refractivity contribution is -0.155. The molecule has 2 bridgehead atoms. The summed E-state index contributed by atoms with van der Waals surface area (Å²) in [6, 6.07) is 19.0. The number of ether oxygens (including phenoxy) is 3. The number of aliphatic hydroxyl groups excluding tert-OH is 1. The summed E-state index contributed by atoms with van der Waals surface area (Å²) in [6.45, 7) is 16.9. The average Bonchev–Trinajstić information content (AvgIpc) is 3.51. The minimum Gasteiger partial charge on any atom is -0.462 e. The Kier molecular flexibility index (Phi) is 27.1. The summed E-state index contributed by atoms with van der Waals surface area (Å²) in [7, 11) is 2.17. The van der Waals surface area contributed by atoms with Gasteiger partial charge in [-0.1, -0.05) is 123 Å². The molecule has 5 rings (SSSR count). The monoisotopic (exact) mass is 984 g/mol. The molecule has 6 atom stereocenters. The van der Waals surface area contributed by atoms with Crippen molar-refractivity contribution in [3.63, 3.8) is 0 Å². The van der Waals surface area contributed by atoms with E-state index in [4.69, 9.17) is 39.6 Å². The van der Waals surface area contributed by atoms with Crippen LogP contribution < -0.4 is 4.52 Å². The molecule has 2 aromatic carbocycles. The summed E-state index contributed by atoms with van der Waals surface area (Å²) in [5.41, 5.74) is 2.24. The van der Waals surface area contributed by atoms with Crippen LogP contribution in [0.2, 0.25) is 0 Å². The van der Waals surface area contributed by atoms with Crippen molar-refractivity contribution >= 4 is 36.4 Å². The first-order valence-electron chi connectivity index (χ1n) is 25.1. The van der Waals surface area contributed by atoms with Crippen molar-refractivity contribution in [2.75, 3.05) is 40.1 Å². The van der Waals surface area contributed by atoms with Crippen molar-refractivity contribution in [1.82, 2.24) is 14.9 Å². The van der Waals surface area contributed by atoms with Crippen LogP contribution in [-0.4, -0.2) is 96.2 Å². The highest BCUT2D eigenvalue weighted by Gasteiger charge is 2.40. The highest BCUT2D eigenvalue weighted by molar-refractivity contribution is 8.07. The largest absolute Gasteiger partial charge is 0.462 e. The van der Waals surface area contributed by atoms with E-state index in [2.05, 4.69) is 49.6 Å². The molecular weight excluding hydrogens is 902 g/mol. The molecule has 0 amide bonds. The van der Waals surface area contributed by atoms with Gasteiger partial charge >= 0.3 is 24.6 Å². The molecule has 1 N–H and O–H groups in total. The lowest BCUT2D eigenvalue weighted by Gasteiger charge is -2.36. The highest BCUT2D eigenvalue weighted by Crippen LogP contribution is 2.49. The maximum Gasteiger partial charge on any atom is 0.381 e. The third-order valence-electron chi connectivity index (χ3n) is 12.5. The number of piperidine rings is 1. The van der Waals surface area contributed by atoms with Crippen molar-refractivity contribution in [3.05, 3.63) is 88.9 Å². The van der Waals surface area contributed by atoms with Gasteiger partial charge in [-0.2, -0.15) is 4.98 Å². The fraction of sp³-hybridized carbons (Fsp3) is 0.642. The lowest BCUT2D eigenvalue weighted by Crippen LogP contribution is -2.43. The molecule has 3 unspecified atom stereocenters. The van der Waals surface area contributed by atoms with Gasteiger partial charge in [0.25, 0.3) is 0 Å². The van der Waals surface area contributed by atoms with Crippen LogP contribution in [0.5, 0.6) is 5.88 Å². The molecule has 3 aromatic rings. The molecule has 0 saturated carbocycles. The fourth-order valence-corrected chi connectivity index (χ4v) is 10.3. The number of nitrogens with zero attached hydrogens (tertiary/aromatic N) is 3. The quantitative estimate of drug-likeness (QED) is 0.0486. The van der Waals surface area contributed by atoms with Gasteiger partial charge in [-0.15, -0.1) is 0 Å². The summed E-state index contributed by atoms with van der Waals surface area (Å²) in [5.74, 6) is 0.353. The SMILES string of the molecule is CCCCC(CC)COC(=O)c1ccccc1C(=O)OCC(CC)CCCC.CCOP(=S)(OCC)Oc1cc(C)nc(C(C)C)n1.CN1[C@@H]2CC[C@H]1C[C@@H](OC(=O)C(CO)c1ccccc1)C2. The summed E-state index contributed by atoms with van der Waals surface area (Å²) in [6.07, 6.45) is 12.9. The molecule has 0 aliphatic carbocycles. The Morgan fingerprint density at radius 3 is 1.72 bits per heavy atom. The van der Waals surface area contributed by atoms with E-state index in [1.165, 1.54) is 12.8 Å². The Morgan fingerprint density at radius 1 is 0.779 bits per heavy atom. The van der Waals surface area contributed by atoms with E-state index in [9.17, 15) is 19.5 Å². The molecule has 1 aromatic heterocycles. The zero-order chi connectivity index (χ0) is 50.1. The normalized spacial score (nSPS) is 18.0. The van der Waals surface area contributed by atoms with Crippen LogP contribution in [0.3, 0.4) is 0 Å². The Hall–Kier alpha value is -3.78. The van der Waals surface area contributed by atoms with Gasteiger partial charge in [0.2, 0.25) is 5.88 Å². The standard InChI is InChI=1S/C24H38O4.C17H23NO3.C12H21N2O3PS/c1-5-9-13-19(7-3)17-27-23(25)21-15-11-12-16-22(21)24(26)28-18-20(8-4)14-10-6-2;1-18-13-7-8-14(18)10-15(9-13)21-17(20)16(11-19)12-5-3-2-4-6-12;1-6-15-18(19,16-7-2)17-11-8-10(5)13-12(14-11)9(3)4/h11-12,15-16,19-20H,5-10,13-14,17-18H2,1-4H3;2-6,13-16,19H,7-11H2,1H3;8-9H,6-7H2,1-5H3/t;13-,14+,15+,16?;. The topological polar surface area (TPSA) is 156 Å². The van der Waals surface area contributed by atoms with Crippen LogP contribution in [0.4, 0.5) is 0 Å². The second-order valence-corrected chi connectivity index (χ2v) is 21.0. The van der Waals surface area contributed by atoms with Crippen LogP contribution >= 0.6 is 6.72 Å². The second kappa shape index (κ2) is 31.4. The summed E-state index contributed by atoms with van der Waals surface area (Å²) < 4.78 is 33.3. The number of benzene rings is 2. The van der Waals surface area contributed by atoms with Crippen LogP contribution in [-0.2, 0) is 39.9 Å². The van der Waals surface area contributed by atoms with Crippen molar-refractivity contribution < 1.29 is 47.3 Å². The van der Waals surface area contributed by atoms with Crippen LogP contribution in [0.25, 0.3) is 0 Å². The first-order chi connectivity index (χ1) is 32.6. The van der Waals surface area contributed by atoms with Crippen LogP contribution in [0, 0.1) is 18.8 Å². The van der Waals surface area contributed by atoms with E-state index in [-0.39, 0.29) is 24.6 Å². The Bertz CT molecular complexity index is 1920. The number of esters is 3. The highest BCUT2D eigenvalue weighted by atomic mass is 32.5. The number of carbonyl (C=O) groups excluding carboxylic acids is 3. The maximum absolute atomic E-state index is 12.6. The summed E-state index contributed by atoms with van der Waals surface area (Å²) in [5, 5.41) is 9.53. The van der Waals surface area contributed by atoms with E-state index >= 15 is 0 Å². The van der Waals surface area contributed by atoms with E-state index in [0.717, 1.165) is 81.3 Å². The Morgan fingerprint density at radius 2 is 1.28 bits per heavy atom. The lowest BCUT2D eigenvalue weighted by atomic mass is 9.98. The molecule has 0 spiro atoms. The Labute approximate surface area is 413 Å². The molecule has 3 heterocycles. The first kappa shape index (κ1) is 58.5. The number of fused-ring (bicyclic) bond motifs is 2. The van der Waals surface area contributed by atoms with Crippen molar-refractivity contribution in [3.8, 4) is 5.88 Å². The van der Waals surface area contributed by atoms with E-state index in [1.54, 1.807) is 30.3 Å². The predicted molar refractivity (Wildman–Crippen MR) is 273 cm³/mol. The van der Waals surface area contributed by atoms with Gasteiger partial charge in [-0.3, -0.25) is 13.8 Å². The number of unbranched alkanes of at least 4 members (excludes halogenated alkanes) is 2. The van der Waals surface area contributed by atoms with Gasteiger partial charge in [0, 0.05) is 41.6 Å². The molecule has 2 aliphatic rings. The van der Waals surface area contributed by atoms with Gasteiger partial charge in [0.15, 0.2) is 0 Å². The molecule has 13 nitrogen and oxygen atoms in total. The number of aromatic nitrogens is 2. The number of hydrogen-bond donors (Lipinski definition) is 1. The van der Waals surface area contributed by atoms with E-state index in [0.29, 0.717) is 67.4 Å². The number of carbonyl (C=O) groups is 3. The van der Waals surface area contributed by atoms with Crippen molar-refractivity contribution in [2.24, 2.45) is 11.8 Å². The van der Waals surface area contributed by atoms with Gasteiger partial charge in [-0.25, -0.2) is 14.6 Å². The van der Waals surface area contributed by atoms with Gasteiger partial charge < -0.3 is 28.7 Å². The second-order valence-electron chi connectivity index (χ2n) is 18.0. The number of hydrogen-bond acceptors (Lipinski definition) is 14. The fourth-order valence-electron chi connectivity index (χ4n) is 8.27. The minimum absolute atomic E-state index is 0.00367. The first-order valence-corrected chi connectivity index (χ1v) is 27.7. The van der Waals surface area contributed by atoms with Crippen molar-refractivity contribution in [2.45, 2.75) is 169 Å². The molecular formula is C53H82N3O10PS. The maximum atomic E-state index is 12.6. The van der Waals surface area contributed by atoms with Gasteiger partial charge in [-0.05, 0) is 95.9 Å². The average molecular weight is 984 g/mol. The zero-order valence-electron chi connectivity index (χ0n) is 42.7. The molecule has 68 heavy (non-hydrogen) atoms. The number of aryl methyl sites for hydroxylation is 1.